The summed E-state index contributed by atoms with van der Waals surface area (Å²) in [5.74, 6) is 1.27. The lowest BCUT2D eigenvalue weighted by atomic mass is 10.1. The Labute approximate surface area is 130 Å². The second-order valence-electron chi connectivity index (χ2n) is 5.43. The van der Waals surface area contributed by atoms with Crippen LogP contribution in [0.3, 0.4) is 0 Å². The summed E-state index contributed by atoms with van der Waals surface area (Å²) in [6.07, 6.45) is 6.31. The molecular formula is C16H21N5O. The number of ether oxygens (including phenoxy) is 1. The fourth-order valence-corrected chi connectivity index (χ4v) is 2.52. The largest absolute Gasteiger partial charge is 0.383 e. The summed E-state index contributed by atoms with van der Waals surface area (Å²) in [6, 6.07) is 4.01. The third kappa shape index (κ3) is 3.71. The maximum Gasteiger partial charge on any atom is 0.129 e. The van der Waals surface area contributed by atoms with E-state index in [9.17, 15) is 0 Å². The molecule has 22 heavy (non-hydrogen) atoms. The van der Waals surface area contributed by atoms with Crippen LogP contribution in [-0.4, -0.2) is 41.3 Å². The normalized spacial score (nSPS) is 17.4. The number of hydrogen-bond acceptors (Lipinski definition) is 6. The maximum atomic E-state index is 5.41. The fraction of sp³-hybridized carbons (Fsp3) is 0.438. The van der Waals surface area contributed by atoms with Crippen LogP contribution in [-0.2, 0) is 4.74 Å². The summed E-state index contributed by atoms with van der Waals surface area (Å²) < 4.78 is 5.41. The minimum Gasteiger partial charge on any atom is -0.383 e. The molecule has 0 amide bonds. The van der Waals surface area contributed by atoms with Crippen LogP contribution in [0.4, 0.5) is 11.5 Å². The van der Waals surface area contributed by atoms with Gasteiger partial charge in [-0.05, 0) is 25.0 Å². The molecule has 1 aliphatic heterocycles. The van der Waals surface area contributed by atoms with Gasteiger partial charge in [0, 0.05) is 49.8 Å². The molecule has 1 atom stereocenters. The first-order chi connectivity index (χ1) is 10.8. The van der Waals surface area contributed by atoms with Crippen molar-refractivity contribution in [1.82, 2.24) is 15.0 Å². The van der Waals surface area contributed by atoms with Gasteiger partial charge < -0.3 is 15.4 Å². The molecular weight excluding hydrogens is 278 g/mol. The zero-order chi connectivity index (χ0) is 15.2. The summed E-state index contributed by atoms with van der Waals surface area (Å²) in [7, 11) is 0. The van der Waals surface area contributed by atoms with E-state index >= 15 is 0 Å². The highest BCUT2D eigenvalue weighted by molar-refractivity contribution is 5.48. The van der Waals surface area contributed by atoms with Crippen molar-refractivity contribution in [1.29, 1.82) is 0 Å². The van der Waals surface area contributed by atoms with Crippen LogP contribution in [0, 0.1) is 6.92 Å². The van der Waals surface area contributed by atoms with Gasteiger partial charge in [0.2, 0.25) is 0 Å². The van der Waals surface area contributed by atoms with Crippen molar-refractivity contribution in [2.24, 2.45) is 0 Å². The number of hydrogen-bond donors (Lipinski definition) is 2. The van der Waals surface area contributed by atoms with Gasteiger partial charge in [0.05, 0.1) is 12.3 Å². The molecule has 2 aromatic rings. The number of aromatic nitrogens is 3. The zero-order valence-corrected chi connectivity index (χ0v) is 12.7. The SMILES string of the molecule is Cc1cnccc1NCCNc1cc(C2CCOC2)ncn1. The smallest absolute Gasteiger partial charge is 0.129 e. The molecule has 2 N–H and O–H groups in total. The Morgan fingerprint density at radius 1 is 1.27 bits per heavy atom. The first-order valence-electron chi connectivity index (χ1n) is 7.61. The molecule has 0 aliphatic carbocycles. The molecule has 0 aromatic carbocycles. The van der Waals surface area contributed by atoms with E-state index in [1.165, 1.54) is 0 Å². The predicted octanol–water partition coefficient (Wildman–Crippen LogP) is 2.21. The second kappa shape index (κ2) is 7.17. The van der Waals surface area contributed by atoms with Crippen LogP contribution in [0.2, 0.25) is 0 Å². The van der Waals surface area contributed by atoms with Gasteiger partial charge in [-0.1, -0.05) is 0 Å². The zero-order valence-electron chi connectivity index (χ0n) is 12.7. The lowest BCUT2D eigenvalue weighted by molar-refractivity contribution is 0.193. The lowest BCUT2D eigenvalue weighted by Gasteiger charge is -2.11. The summed E-state index contributed by atoms with van der Waals surface area (Å²) in [6.45, 7) is 5.24. The van der Waals surface area contributed by atoms with E-state index in [0.29, 0.717) is 5.92 Å². The van der Waals surface area contributed by atoms with E-state index in [2.05, 4.69) is 25.6 Å². The van der Waals surface area contributed by atoms with Crippen molar-refractivity contribution in [3.05, 3.63) is 42.1 Å². The lowest BCUT2D eigenvalue weighted by Crippen LogP contribution is -2.15. The Morgan fingerprint density at radius 3 is 3.00 bits per heavy atom. The molecule has 0 bridgehead atoms. The number of pyridine rings is 1. The Hall–Kier alpha value is -2.21. The van der Waals surface area contributed by atoms with Crippen LogP contribution >= 0.6 is 0 Å². The fourth-order valence-electron chi connectivity index (χ4n) is 2.52. The van der Waals surface area contributed by atoms with E-state index in [0.717, 1.165) is 55.5 Å². The van der Waals surface area contributed by atoms with Crippen molar-refractivity contribution < 1.29 is 4.74 Å². The average Bonchev–Trinajstić information content (AvgIpc) is 3.08. The van der Waals surface area contributed by atoms with E-state index in [4.69, 9.17) is 4.74 Å². The standard InChI is InChI=1S/C16H21N5O/c1-12-9-17-4-2-14(12)18-5-6-19-16-8-15(20-11-21-16)13-3-7-22-10-13/h2,4,8-9,11,13H,3,5-7,10H2,1H3,(H,17,18)(H,19,20,21). The van der Waals surface area contributed by atoms with Crippen LogP contribution in [0.5, 0.6) is 0 Å². The van der Waals surface area contributed by atoms with Gasteiger partial charge in [0.15, 0.2) is 0 Å². The van der Waals surface area contributed by atoms with Crippen molar-refractivity contribution in [2.45, 2.75) is 19.3 Å². The van der Waals surface area contributed by atoms with Gasteiger partial charge in [-0.2, -0.15) is 0 Å². The van der Waals surface area contributed by atoms with Gasteiger partial charge in [-0.15, -0.1) is 0 Å². The second-order valence-corrected chi connectivity index (χ2v) is 5.43. The molecule has 3 heterocycles. The minimum absolute atomic E-state index is 0.404. The quantitative estimate of drug-likeness (QED) is 0.797. The molecule has 3 rings (SSSR count). The van der Waals surface area contributed by atoms with E-state index < -0.39 is 0 Å². The predicted molar refractivity (Wildman–Crippen MR) is 86.2 cm³/mol. The highest BCUT2D eigenvalue weighted by atomic mass is 16.5. The van der Waals surface area contributed by atoms with Gasteiger partial charge in [-0.3, -0.25) is 4.98 Å². The Kier molecular flexibility index (Phi) is 4.80. The summed E-state index contributed by atoms with van der Waals surface area (Å²) in [4.78, 5) is 12.7. The van der Waals surface area contributed by atoms with Crippen LogP contribution in [0.1, 0.15) is 23.6 Å². The third-order valence-electron chi connectivity index (χ3n) is 3.80. The third-order valence-corrected chi connectivity index (χ3v) is 3.80. The Balaban J connectivity index is 1.49. The first kappa shape index (κ1) is 14.7. The molecule has 1 aliphatic rings. The van der Waals surface area contributed by atoms with Crippen molar-refractivity contribution >= 4 is 11.5 Å². The minimum atomic E-state index is 0.404. The van der Waals surface area contributed by atoms with Crippen LogP contribution < -0.4 is 10.6 Å². The molecule has 0 radical (unpaired) electrons. The summed E-state index contributed by atoms with van der Waals surface area (Å²) in [5, 5.41) is 6.72. The molecule has 116 valence electrons. The molecule has 1 saturated heterocycles. The average molecular weight is 299 g/mol. The molecule has 2 aromatic heterocycles. The molecule has 0 spiro atoms. The molecule has 1 fully saturated rings. The molecule has 0 saturated carbocycles. The summed E-state index contributed by atoms with van der Waals surface area (Å²) in [5.41, 5.74) is 3.32. The van der Waals surface area contributed by atoms with E-state index in [-0.39, 0.29) is 0 Å². The highest BCUT2D eigenvalue weighted by Crippen LogP contribution is 2.24. The number of rotatable bonds is 6. The van der Waals surface area contributed by atoms with Gasteiger partial charge in [-0.25, -0.2) is 9.97 Å². The maximum absolute atomic E-state index is 5.41. The Bertz CT molecular complexity index is 613. The monoisotopic (exact) mass is 299 g/mol. The number of aryl methyl sites for hydroxylation is 1. The van der Waals surface area contributed by atoms with Crippen LogP contribution in [0.25, 0.3) is 0 Å². The highest BCUT2D eigenvalue weighted by Gasteiger charge is 2.19. The van der Waals surface area contributed by atoms with Crippen LogP contribution in [0.15, 0.2) is 30.9 Å². The molecule has 6 nitrogen and oxygen atoms in total. The van der Waals surface area contributed by atoms with Gasteiger partial charge >= 0.3 is 0 Å². The number of anilines is 2. The first-order valence-corrected chi connectivity index (χ1v) is 7.61. The van der Waals surface area contributed by atoms with Crippen molar-refractivity contribution in [3.8, 4) is 0 Å². The topological polar surface area (TPSA) is 72.0 Å². The number of nitrogens with zero attached hydrogens (tertiary/aromatic N) is 3. The summed E-state index contributed by atoms with van der Waals surface area (Å²) >= 11 is 0. The Morgan fingerprint density at radius 2 is 2.18 bits per heavy atom. The van der Waals surface area contributed by atoms with Gasteiger partial charge in [0.1, 0.15) is 12.1 Å². The molecule has 6 heteroatoms. The van der Waals surface area contributed by atoms with E-state index in [1.807, 2.05) is 25.3 Å². The van der Waals surface area contributed by atoms with E-state index in [1.54, 1.807) is 12.5 Å². The number of nitrogens with one attached hydrogen (secondary N) is 2. The van der Waals surface area contributed by atoms with Crippen molar-refractivity contribution in [2.75, 3.05) is 36.9 Å². The molecule has 1 unspecified atom stereocenters. The van der Waals surface area contributed by atoms with Gasteiger partial charge in [0.25, 0.3) is 0 Å². The van der Waals surface area contributed by atoms with Crippen molar-refractivity contribution in [3.63, 3.8) is 0 Å².